The highest BCUT2D eigenvalue weighted by Crippen LogP contribution is 2.24. The third-order valence-electron chi connectivity index (χ3n) is 5.38. The number of ether oxygens (including phenoxy) is 1. The molecule has 2 rings (SSSR count). The number of nitrogens with zero attached hydrogens (tertiary/aromatic N) is 1. The summed E-state index contributed by atoms with van der Waals surface area (Å²) in [6.07, 6.45) is 1.88. The smallest absolute Gasteiger partial charge is 0.261 e. The predicted molar refractivity (Wildman–Crippen MR) is 130 cm³/mol. The van der Waals surface area contributed by atoms with Gasteiger partial charge in [0.2, 0.25) is 5.91 Å². The van der Waals surface area contributed by atoms with Gasteiger partial charge in [-0.25, -0.2) is 0 Å². The normalized spacial score (nSPS) is 12.2. The lowest BCUT2D eigenvalue weighted by atomic mass is 9.87. The molecule has 2 aromatic rings. The van der Waals surface area contributed by atoms with E-state index in [2.05, 4.69) is 33.0 Å². The third-order valence-corrected chi connectivity index (χ3v) is 5.75. The third kappa shape index (κ3) is 7.56. The minimum Gasteiger partial charge on any atom is -0.484 e. The highest BCUT2D eigenvalue weighted by atomic mass is 35.5. The topological polar surface area (TPSA) is 58.6 Å². The number of halogens is 1. The molecule has 5 nitrogen and oxygen atoms in total. The molecule has 2 aromatic carbocycles. The van der Waals surface area contributed by atoms with Crippen molar-refractivity contribution in [1.29, 1.82) is 0 Å². The van der Waals surface area contributed by atoms with Crippen LogP contribution in [-0.4, -0.2) is 35.9 Å². The summed E-state index contributed by atoms with van der Waals surface area (Å²) in [5, 5.41) is 3.46. The Hall–Kier alpha value is -2.53. The van der Waals surface area contributed by atoms with Gasteiger partial charge in [-0.2, -0.15) is 0 Å². The van der Waals surface area contributed by atoms with Gasteiger partial charge in [0.1, 0.15) is 11.8 Å². The van der Waals surface area contributed by atoms with Crippen molar-refractivity contribution in [3.8, 4) is 5.75 Å². The largest absolute Gasteiger partial charge is 0.484 e. The summed E-state index contributed by atoms with van der Waals surface area (Å²) in [4.78, 5) is 27.3. The SMILES string of the molecule is CCCCNC(=O)C(C)N(Cc1ccccc1Cl)C(=O)COc1ccc(C(C)(C)C)cc1. The first-order valence-electron chi connectivity index (χ1n) is 11.2. The van der Waals surface area contributed by atoms with Gasteiger partial charge >= 0.3 is 0 Å². The number of carbonyl (C=O) groups is 2. The fourth-order valence-electron chi connectivity index (χ4n) is 3.21. The molecule has 174 valence electrons. The predicted octanol–water partition coefficient (Wildman–Crippen LogP) is 5.35. The van der Waals surface area contributed by atoms with Crippen LogP contribution in [0.25, 0.3) is 0 Å². The lowest BCUT2D eigenvalue weighted by Gasteiger charge is -2.29. The average Bonchev–Trinajstić information content (AvgIpc) is 2.76. The fraction of sp³-hybridized carbons (Fsp3) is 0.462. The Bertz CT molecular complexity index is 891. The van der Waals surface area contributed by atoms with Crippen molar-refractivity contribution >= 4 is 23.4 Å². The van der Waals surface area contributed by atoms with E-state index in [4.69, 9.17) is 16.3 Å². The molecule has 0 aliphatic heterocycles. The average molecular weight is 459 g/mol. The molecule has 0 aromatic heterocycles. The molecule has 0 radical (unpaired) electrons. The summed E-state index contributed by atoms with van der Waals surface area (Å²) in [5.41, 5.74) is 2.01. The van der Waals surface area contributed by atoms with Crippen LogP contribution < -0.4 is 10.1 Å². The number of hydrogen-bond donors (Lipinski definition) is 1. The van der Waals surface area contributed by atoms with Crippen molar-refractivity contribution in [3.05, 3.63) is 64.7 Å². The van der Waals surface area contributed by atoms with Gasteiger partial charge in [0.15, 0.2) is 6.61 Å². The number of rotatable bonds is 10. The monoisotopic (exact) mass is 458 g/mol. The van der Waals surface area contributed by atoms with Crippen LogP contribution in [0.5, 0.6) is 5.75 Å². The summed E-state index contributed by atoms with van der Waals surface area (Å²) >= 11 is 6.31. The van der Waals surface area contributed by atoms with E-state index in [0.717, 1.165) is 18.4 Å². The molecule has 32 heavy (non-hydrogen) atoms. The lowest BCUT2D eigenvalue weighted by Crippen LogP contribution is -2.49. The molecule has 1 unspecified atom stereocenters. The van der Waals surface area contributed by atoms with Gasteiger partial charge in [-0.1, -0.05) is 76.0 Å². The number of nitrogens with one attached hydrogen (secondary N) is 1. The van der Waals surface area contributed by atoms with E-state index in [1.165, 1.54) is 10.5 Å². The Labute approximate surface area is 197 Å². The van der Waals surface area contributed by atoms with Crippen molar-refractivity contribution < 1.29 is 14.3 Å². The Morgan fingerprint density at radius 1 is 1.09 bits per heavy atom. The molecule has 1 N–H and O–H groups in total. The highest BCUT2D eigenvalue weighted by molar-refractivity contribution is 6.31. The summed E-state index contributed by atoms with van der Waals surface area (Å²) in [7, 11) is 0. The van der Waals surface area contributed by atoms with Gasteiger partial charge in [0.05, 0.1) is 0 Å². The van der Waals surface area contributed by atoms with Crippen molar-refractivity contribution in [1.82, 2.24) is 10.2 Å². The van der Waals surface area contributed by atoms with Gasteiger partial charge < -0.3 is 15.0 Å². The summed E-state index contributed by atoms with van der Waals surface area (Å²) in [6, 6.07) is 14.4. The van der Waals surface area contributed by atoms with E-state index in [1.54, 1.807) is 13.0 Å². The van der Waals surface area contributed by atoms with E-state index in [0.29, 0.717) is 17.3 Å². The quantitative estimate of drug-likeness (QED) is 0.488. The van der Waals surface area contributed by atoms with Gasteiger partial charge in [0.25, 0.3) is 5.91 Å². The molecule has 1 atom stereocenters. The Kier molecular flexibility index (Phi) is 9.58. The Morgan fingerprint density at radius 2 is 1.75 bits per heavy atom. The first kappa shape index (κ1) is 25.7. The second kappa shape index (κ2) is 11.9. The van der Waals surface area contributed by atoms with E-state index in [1.807, 2.05) is 42.5 Å². The molecular weight excluding hydrogens is 424 g/mol. The van der Waals surface area contributed by atoms with Crippen molar-refractivity contribution in [2.45, 2.75) is 65.5 Å². The standard InChI is InChI=1S/C26H35ClN2O3/c1-6-7-16-28-25(31)19(2)29(17-20-10-8-9-11-23(20)27)24(30)18-32-22-14-12-21(13-15-22)26(3,4)5/h8-15,19H,6-7,16-18H2,1-5H3,(H,28,31). The number of benzene rings is 2. The van der Waals surface area contributed by atoms with Crippen molar-refractivity contribution in [3.63, 3.8) is 0 Å². The first-order chi connectivity index (χ1) is 15.1. The molecule has 2 amide bonds. The molecular formula is C26H35ClN2O3. The zero-order valence-corrected chi connectivity index (χ0v) is 20.5. The maximum absolute atomic E-state index is 13.1. The minimum atomic E-state index is -0.650. The van der Waals surface area contributed by atoms with Crippen molar-refractivity contribution in [2.75, 3.05) is 13.2 Å². The second-order valence-electron chi connectivity index (χ2n) is 9.00. The number of unbranched alkanes of at least 4 members (excludes halogenated alkanes) is 1. The maximum Gasteiger partial charge on any atom is 0.261 e. The number of hydrogen-bond acceptors (Lipinski definition) is 3. The van der Waals surface area contributed by atoms with Crippen LogP contribution in [0.2, 0.25) is 5.02 Å². The van der Waals surface area contributed by atoms with E-state index < -0.39 is 6.04 Å². The van der Waals surface area contributed by atoms with Crippen LogP contribution in [0.15, 0.2) is 48.5 Å². The molecule has 0 saturated heterocycles. The zero-order valence-electron chi connectivity index (χ0n) is 19.8. The van der Waals surface area contributed by atoms with Gasteiger partial charge in [-0.15, -0.1) is 0 Å². The summed E-state index contributed by atoms with van der Waals surface area (Å²) < 4.78 is 5.76. The molecule has 0 aliphatic rings. The van der Waals surface area contributed by atoms with Gasteiger partial charge in [-0.3, -0.25) is 9.59 Å². The van der Waals surface area contributed by atoms with Gasteiger partial charge in [0, 0.05) is 18.1 Å². The highest BCUT2D eigenvalue weighted by Gasteiger charge is 2.27. The van der Waals surface area contributed by atoms with Crippen LogP contribution in [0, 0.1) is 0 Å². The van der Waals surface area contributed by atoms with Crippen LogP contribution >= 0.6 is 11.6 Å². The molecule has 0 heterocycles. The molecule has 0 spiro atoms. The van der Waals surface area contributed by atoms with Crippen LogP contribution in [0.1, 0.15) is 58.6 Å². The number of carbonyl (C=O) groups excluding carboxylic acids is 2. The van der Waals surface area contributed by atoms with E-state index >= 15 is 0 Å². The molecule has 6 heteroatoms. The lowest BCUT2D eigenvalue weighted by molar-refractivity contribution is -0.142. The zero-order chi connectivity index (χ0) is 23.7. The Morgan fingerprint density at radius 3 is 2.34 bits per heavy atom. The molecule has 0 bridgehead atoms. The number of amides is 2. The van der Waals surface area contributed by atoms with E-state index in [9.17, 15) is 9.59 Å². The van der Waals surface area contributed by atoms with Crippen LogP contribution in [0.3, 0.4) is 0 Å². The summed E-state index contributed by atoms with van der Waals surface area (Å²) in [5.74, 6) is 0.153. The van der Waals surface area contributed by atoms with Gasteiger partial charge in [-0.05, 0) is 48.1 Å². The second-order valence-corrected chi connectivity index (χ2v) is 9.40. The first-order valence-corrected chi connectivity index (χ1v) is 11.5. The van der Waals surface area contributed by atoms with Crippen LogP contribution in [0.4, 0.5) is 0 Å². The fourth-order valence-corrected chi connectivity index (χ4v) is 3.40. The van der Waals surface area contributed by atoms with Crippen molar-refractivity contribution in [2.24, 2.45) is 0 Å². The molecule has 0 fully saturated rings. The Balaban J connectivity index is 2.12. The molecule has 0 aliphatic carbocycles. The molecule has 0 saturated carbocycles. The maximum atomic E-state index is 13.1. The minimum absolute atomic E-state index is 0.0423. The van der Waals surface area contributed by atoms with Crippen LogP contribution in [-0.2, 0) is 21.5 Å². The summed E-state index contributed by atoms with van der Waals surface area (Å²) in [6.45, 7) is 10.9. The van der Waals surface area contributed by atoms with E-state index in [-0.39, 0.29) is 30.4 Å².